The van der Waals surface area contributed by atoms with Crippen LogP contribution in [-0.4, -0.2) is 5.11 Å². The summed E-state index contributed by atoms with van der Waals surface area (Å²) >= 11 is 7.76. The number of thiophene rings is 1. The zero-order valence-corrected chi connectivity index (χ0v) is 12.6. The lowest BCUT2D eigenvalue weighted by molar-refractivity contribution is 0.142. The Morgan fingerprint density at radius 2 is 2.12 bits per heavy atom. The average Bonchev–Trinajstić information content (AvgIpc) is 2.65. The summed E-state index contributed by atoms with van der Waals surface area (Å²) in [7, 11) is 0. The lowest BCUT2D eigenvalue weighted by Crippen LogP contribution is -2.06. The second-order valence-electron chi connectivity index (χ2n) is 4.76. The van der Waals surface area contributed by atoms with Crippen molar-refractivity contribution >= 4 is 22.9 Å². The molecule has 98 valence electrons. The minimum Gasteiger partial charge on any atom is -0.388 e. The van der Waals surface area contributed by atoms with E-state index in [1.165, 1.54) is 19.3 Å². The van der Waals surface area contributed by atoms with E-state index in [0.29, 0.717) is 5.92 Å². The first-order valence-electron chi connectivity index (χ1n) is 6.51. The lowest BCUT2D eigenvalue weighted by Gasteiger charge is -2.18. The van der Waals surface area contributed by atoms with E-state index < -0.39 is 0 Å². The van der Waals surface area contributed by atoms with Gasteiger partial charge in [0.1, 0.15) is 0 Å². The first-order valence-corrected chi connectivity index (χ1v) is 7.77. The van der Waals surface area contributed by atoms with Gasteiger partial charge in [-0.25, -0.2) is 0 Å². The first-order chi connectivity index (χ1) is 8.10. The standard InChI is InChI=1S/C14H23ClOS/c1-4-6-7-11(5-2)8-12(16)14-13(15)10(3)9-17-14/h9,11-12,16H,4-8H2,1-3H3. The van der Waals surface area contributed by atoms with Gasteiger partial charge in [-0.1, -0.05) is 51.1 Å². The van der Waals surface area contributed by atoms with Crippen molar-refractivity contribution in [2.24, 2.45) is 5.92 Å². The topological polar surface area (TPSA) is 20.2 Å². The fourth-order valence-electron chi connectivity index (χ4n) is 2.08. The molecule has 0 amide bonds. The van der Waals surface area contributed by atoms with E-state index >= 15 is 0 Å². The summed E-state index contributed by atoms with van der Waals surface area (Å²) in [4.78, 5) is 0.944. The molecule has 1 N–H and O–H groups in total. The highest BCUT2D eigenvalue weighted by Gasteiger charge is 2.19. The fourth-order valence-corrected chi connectivity index (χ4v) is 3.40. The predicted octanol–water partition coefficient (Wildman–Crippen LogP) is 5.35. The zero-order chi connectivity index (χ0) is 12.8. The number of aliphatic hydroxyl groups excluding tert-OH is 1. The van der Waals surface area contributed by atoms with Gasteiger partial charge in [-0.3, -0.25) is 0 Å². The summed E-state index contributed by atoms with van der Waals surface area (Å²) in [6.45, 7) is 6.40. The van der Waals surface area contributed by atoms with Crippen molar-refractivity contribution in [2.45, 2.75) is 59.0 Å². The van der Waals surface area contributed by atoms with Gasteiger partial charge in [0.15, 0.2) is 0 Å². The van der Waals surface area contributed by atoms with E-state index in [2.05, 4.69) is 13.8 Å². The summed E-state index contributed by atoms with van der Waals surface area (Å²) in [6.07, 6.45) is 5.29. The second kappa shape index (κ2) is 7.40. The first kappa shape index (κ1) is 15.0. The Labute approximate surface area is 114 Å². The number of hydrogen-bond acceptors (Lipinski definition) is 2. The Balaban J connectivity index is 2.57. The summed E-state index contributed by atoms with van der Waals surface area (Å²) in [5, 5.41) is 13.0. The number of unbranched alkanes of at least 4 members (excludes halogenated alkanes) is 1. The van der Waals surface area contributed by atoms with Gasteiger partial charge in [0.05, 0.1) is 16.0 Å². The van der Waals surface area contributed by atoms with E-state index in [1.54, 1.807) is 11.3 Å². The maximum atomic E-state index is 10.2. The van der Waals surface area contributed by atoms with Gasteiger partial charge < -0.3 is 5.11 Å². The van der Waals surface area contributed by atoms with Crippen LogP contribution in [0.1, 0.15) is 62.5 Å². The van der Waals surface area contributed by atoms with E-state index in [4.69, 9.17) is 11.6 Å². The summed E-state index contributed by atoms with van der Waals surface area (Å²) in [5.41, 5.74) is 1.08. The van der Waals surface area contributed by atoms with Crippen LogP contribution in [-0.2, 0) is 0 Å². The molecular formula is C14H23ClOS. The van der Waals surface area contributed by atoms with Gasteiger partial charge in [0.25, 0.3) is 0 Å². The van der Waals surface area contributed by atoms with E-state index in [0.717, 1.165) is 28.3 Å². The Morgan fingerprint density at radius 3 is 2.59 bits per heavy atom. The highest BCUT2D eigenvalue weighted by Crippen LogP contribution is 2.36. The van der Waals surface area contributed by atoms with Crippen LogP contribution in [0, 0.1) is 12.8 Å². The Bertz CT molecular complexity index is 335. The van der Waals surface area contributed by atoms with Crippen LogP contribution in [0.15, 0.2) is 5.38 Å². The molecule has 0 fully saturated rings. The van der Waals surface area contributed by atoms with Crippen molar-refractivity contribution in [3.63, 3.8) is 0 Å². The van der Waals surface area contributed by atoms with Crippen LogP contribution >= 0.6 is 22.9 Å². The third kappa shape index (κ3) is 4.27. The molecule has 3 heteroatoms. The van der Waals surface area contributed by atoms with Gasteiger partial charge in [-0.2, -0.15) is 0 Å². The zero-order valence-electron chi connectivity index (χ0n) is 11.0. The quantitative estimate of drug-likeness (QED) is 0.711. The van der Waals surface area contributed by atoms with Crippen LogP contribution in [0.5, 0.6) is 0 Å². The Kier molecular flexibility index (Phi) is 6.53. The average molecular weight is 275 g/mol. The van der Waals surface area contributed by atoms with Crippen LogP contribution in [0.25, 0.3) is 0 Å². The second-order valence-corrected chi connectivity index (χ2v) is 6.05. The van der Waals surface area contributed by atoms with Crippen LogP contribution in [0.2, 0.25) is 5.02 Å². The van der Waals surface area contributed by atoms with Gasteiger partial charge >= 0.3 is 0 Å². The van der Waals surface area contributed by atoms with E-state index in [1.807, 2.05) is 12.3 Å². The molecule has 2 atom stereocenters. The molecule has 1 aromatic rings. The van der Waals surface area contributed by atoms with E-state index in [9.17, 15) is 5.11 Å². The molecule has 0 saturated carbocycles. The fraction of sp³-hybridized carbons (Fsp3) is 0.714. The predicted molar refractivity (Wildman–Crippen MR) is 76.9 cm³/mol. The van der Waals surface area contributed by atoms with Crippen LogP contribution < -0.4 is 0 Å². The van der Waals surface area contributed by atoms with Gasteiger partial charge in [0, 0.05) is 0 Å². The maximum Gasteiger partial charge on any atom is 0.0899 e. The maximum absolute atomic E-state index is 10.2. The van der Waals surface area contributed by atoms with Gasteiger partial charge in [-0.15, -0.1) is 11.3 Å². The molecule has 1 heterocycles. The highest BCUT2D eigenvalue weighted by molar-refractivity contribution is 7.10. The van der Waals surface area contributed by atoms with Crippen molar-refractivity contribution in [3.05, 3.63) is 20.8 Å². The molecule has 0 aliphatic rings. The third-order valence-electron chi connectivity index (χ3n) is 3.33. The molecule has 0 spiro atoms. The smallest absolute Gasteiger partial charge is 0.0899 e. The van der Waals surface area contributed by atoms with Crippen molar-refractivity contribution in [1.29, 1.82) is 0 Å². The van der Waals surface area contributed by atoms with Crippen molar-refractivity contribution in [3.8, 4) is 0 Å². The lowest BCUT2D eigenvalue weighted by atomic mass is 9.92. The molecule has 1 nitrogen and oxygen atoms in total. The molecule has 0 bridgehead atoms. The third-order valence-corrected chi connectivity index (χ3v) is 5.14. The molecule has 0 radical (unpaired) electrons. The Hall–Kier alpha value is -0.0500. The minimum absolute atomic E-state index is 0.386. The molecule has 2 unspecified atom stereocenters. The summed E-state index contributed by atoms with van der Waals surface area (Å²) in [6, 6.07) is 0. The number of halogens is 1. The SMILES string of the molecule is CCCCC(CC)CC(O)c1scc(C)c1Cl. The molecule has 0 saturated heterocycles. The van der Waals surface area contributed by atoms with Crippen LogP contribution in [0.3, 0.4) is 0 Å². The molecule has 0 aliphatic heterocycles. The van der Waals surface area contributed by atoms with Gasteiger partial charge in [0.2, 0.25) is 0 Å². The highest BCUT2D eigenvalue weighted by atomic mass is 35.5. The molecule has 0 aromatic carbocycles. The monoisotopic (exact) mass is 274 g/mol. The summed E-state index contributed by atoms with van der Waals surface area (Å²) in [5.74, 6) is 0.614. The van der Waals surface area contributed by atoms with Crippen molar-refractivity contribution < 1.29 is 5.11 Å². The molecule has 0 aliphatic carbocycles. The summed E-state index contributed by atoms with van der Waals surface area (Å²) < 4.78 is 0. The molecular weight excluding hydrogens is 252 g/mol. The number of rotatable bonds is 7. The van der Waals surface area contributed by atoms with Crippen molar-refractivity contribution in [1.82, 2.24) is 0 Å². The Morgan fingerprint density at radius 1 is 1.41 bits per heavy atom. The molecule has 1 aromatic heterocycles. The number of aliphatic hydroxyl groups is 1. The number of hydrogen-bond donors (Lipinski definition) is 1. The largest absolute Gasteiger partial charge is 0.388 e. The minimum atomic E-state index is -0.386. The molecule has 17 heavy (non-hydrogen) atoms. The van der Waals surface area contributed by atoms with Crippen molar-refractivity contribution in [2.75, 3.05) is 0 Å². The number of aryl methyl sites for hydroxylation is 1. The molecule has 1 rings (SSSR count). The van der Waals surface area contributed by atoms with Gasteiger partial charge in [-0.05, 0) is 30.2 Å². The normalized spacial score (nSPS) is 14.9. The van der Waals surface area contributed by atoms with E-state index in [-0.39, 0.29) is 6.10 Å². The van der Waals surface area contributed by atoms with Crippen LogP contribution in [0.4, 0.5) is 0 Å².